The van der Waals surface area contributed by atoms with Crippen LogP contribution in [0.1, 0.15) is 38.5 Å². The van der Waals surface area contributed by atoms with Crippen molar-refractivity contribution in [3.05, 3.63) is 24.3 Å². The number of imide groups is 1. The number of aromatic hydroxyl groups is 1. The van der Waals surface area contributed by atoms with Crippen LogP contribution in [0, 0.1) is 0 Å². The molecular formula is C18H22N2O5S. The summed E-state index contributed by atoms with van der Waals surface area (Å²) >= 11 is 0.858. The molecule has 1 saturated heterocycles. The van der Waals surface area contributed by atoms with E-state index in [-0.39, 0.29) is 24.9 Å². The summed E-state index contributed by atoms with van der Waals surface area (Å²) in [7, 11) is 0. The van der Waals surface area contributed by atoms with Gasteiger partial charge in [-0.3, -0.25) is 19.3 Å². The highest BCUT2D eigenvalue weighted by Crippen LogP contribution is 2.30. The third-order valence-electron chi connectivity index (χ3n) is 4.49. The van der Waals surface area contributed by atoms with Crippen LogP contribution >= 0.6 is 11.8 Å². The van der Waals surface area contributed by atoms with E-state index in [1.165, 1.54) is 18.6 Å². The van der Waals surface area contributed by atoms with Crippen LogP contribution in [0.15, 0.2) is 24.3 Å². The standard InChI is InChI=1S/C18H22N2O5S/c21-13-6-4-5-12(9-13)19-11-20-17(23)15(26-18(20)24)10-16(22)25-14-7-2-1-3-8-14/h4-6,9,14-15,19,21H,1-3,7-8,10-11H2. The Labute approximate surface area is 156 Å². The lowest BCUT2D eigenvalue weighted by Gasteiger charge is -2.22. The zero-order chi connectivity index (χ0) is 18.5. The number of thioether (sulfide) groups is 1. The Bertz CT molecular complexity index is 690. The third kappa shape index (κ3) is 4.69. The van der Waals surface area contributed by atoms with Crippen molar-refractivity contribution in [3.63, 3.8) is 0 Å². The van der Waals surface area contributed by atoms with Crippen LogP contribution in [0.2, 0.25) is 0 Å². The van der Waals surface area contributed by atoms with E-state index in [1.807, 2.05) is 0 Å². The van der Waals surface area contributed by atoms with Gasteiger partial charge in [0.25, 0.3) is 5.24 Å². The van der Waals surface area contributed by atoms with Crippen molar-refractivity contribution in [2.24, 2.45) is 0 Å². The highest BCUT2D eigenvalue weighted by Gasteiger charge is 2.41. The molecule has 0 radical (unpaired) electrons. The van der Waals surface area contributed by atoms with Crippen molar-refractivity contribution in [1.29, 1.82) is 0 Å². The maximum Gasteiger partial charge on any atom is 0.307 e. The Morgan fingerprint density at radius 2 is 2.04 bits per heavy atom. The quantitative estimate of drug-likeness (QED) is 0.734. The molecule has 1 heterocycles. The van der Waals surface area contributed by atoms with E-state index in [0.717, 1.165) is 42.3 Å². The molecule has 1 atom stereocenters. The molecule has 26 heavy (non-hydrogen) atoms. The van der Waals surface area contributed by atoms with Gasteiger partial charge in [0.05, 0.1) is 13.1 Å². The molecule has 2 amide bonds. The molecule has 1 aromatic carbocycles. The number of anilines is 1. The van der Waals surface area contributed by atoms with Crippen LogP contribution in [0.4, 0.5) is 10.5 Å². The number of phenolic OH excluding ortho intramolecular Hbond substituents is 1. The molecule has 3 rings (SSSR count). The van der Waals surface area contributed by atoms with Gasteiger partial charge in [0.1, 0.15) is 17.1 Å². The Morgan fingerprint density at radius 3 is 2.77 bits per heavy atom. The van der Waals surface area contributed by atoms with E-state index in [1.54, 1.807) is 12.1 Å². The summed E-state index contributed by atoms with van der Waals surface area (Å²) in [6.07, 6.45) is 4.88. The maximum atomic E-state index is 12.4. The van der Waals surface area contributed by atoms with Gasteiger partial charge in [0.15, 0.2) is 0 Å². The molecule has 2 N–H and O–H groups in total. The number of hydrogen-bond donors (Lipinski definition) is 2. The first-order valence-corrected chi connectivity index (χ1v) is 9.65. The van der Waals surface area contributed by atoms with E-state index >= 15 is 0 Å². The highest BCUT2D eigenvalue weighted by atomic mass is 32.2. The van der Waals surface area contributed by atoms with E-state index < -0.39 is 22.4 Å². The fourth-order valence-corrected chi connectivity index (χ4v) is 4.10. The van der Waals surface area contributed by atoms with Gasteiger partial charge in [0.2, 0.25) is 5.91 Å². The Morgan fingerprint density at radius 1 is 1.27 bits per heavy atom. The summed E-state index contributed by atoms with van der Waals surface area (Å²) in [5.41, 5.74) is 0.593. The Balaban J connectivity index is 1.50. The summed E-state index contributed by atoms with van der Waals surface area (Å²) in [5, 5.41) is 11.2. The van der Waals surface area contributed by atoms with Crippen LogP contribution < -0.4 is 5.32 Å². The summed E-state index contributed by atoms with van der Waals surface area (Å²) in [5.74, 6) is -0.724. The number of nitrogens with zero attached hydrogens (tertiary/aromatic N) is 1. The fourth-order valence-electron chi connectivity index (χ4n) is 3.13. The maximum absolute atomic E-state index is 12.4. The number of benzene rings is 1. The number of amides is 2. The molecule has 1 aliphatic heterocycles. The van der Waals surface area contributed by atoms with Crippen molar-refractivity contribution in [3.8, 4) is 5.75 Å². The molecule has 2 aliphatic rings. The SMILES string of the molecule is O=C(CC1SC(=O)N(CNc2cccc(O)c2)C1=O)OC1CCCCC1. The lowest BCUT2D eigenvalue weighted by atomic mass is 9.98. The molecule has 7 nitrogen and oxygen atoms in total. The third-order valence-corrected chi connectivity index (χ3v) is 5.57. The van der Waals surface area contributed by atoms with E-state index in [4.69, 9.17) is 4.74 Å². The van der Waals surface area contributed by atoms with E-state index in [9.17, 15) is 19.5 Å². The number of ether oxygens (including phenoxy) is 1. The summed E-state index contributed by atoms with van der Waals surface area (Å²) in [4.78, 5) is 37.7. The first-order chi connectivity index (χ1) is 12.5. The number of carbonyl (C=O) groups is 3. The molecule has 1 unspecified atom stereocenters. The topological polar surface area (TPSA) is 95.9 Å². The van der Waals surface area contributed by atoms with Crippen molar-refractivity contribution in [2.45, 2.75) is 49.9 Å². The molecule has 0 spiro atoms. The summed E-state index contributed by atoms with van der Waals surface area (Å²) in [6, 6.07) is 6.40. The number of rotatable bonds is 6. The summed E-state index contributed by atoms with van der Waals surface area (Å²) in [6.45, 7) is -0.0116. The van der Waals surface area contributed by atoms with Gasteiger partial charge in [0, 0.05) is 11.8 Å². The number of esters is 1. The van der Waals surface area contributed by atoms with Crippen LogP contribution in [-0.2, 0) is 14.3 Å². The van der Waals surface area contributed by atoms with Crippen molar-refractivity contribution >= 4 is 34.6 Å². The zero-order valence-electron chi connectivity index (χ0n) is 14.3. The second-order valence-corrected chi connectivity index (χ2v) is 7.63. The average molecular weight is 378 g/mol. The first-order valence-electron chi connectivity index (χ1n) is 8.77. The predicted octanol–water partition coefficient (Wildman–Crippen LogP) is 3.09. The van der Waals surface area contributed by atoms with Gasteiger partial charge < -0.3 is 15.2 Å². The number of hydrogen-bond acceptors (Lipinski definition) is 7. The summed E-state index contributed by atoms with van der Waals surface area (Å²) < 4.78 is 5.44. The molecule has 0 bridgehead atoms. The van der Waals surface area contributed by atoms with Crippen molar-refractivity contribution in [2.75, 3.05) is 12.0 Å². The lowest BCUT2D eigenvalue weighted by molar-refractivity contribution is -0.151. The van der Waals surface area contributed by atoms with Gasteiger partial charge in [-0.2, -0.15) is 0 Å². The molecule has 0 aromatic heterocycles. The molecule has 140 valence electrons. The van der Waals surface area contributed by atoms with Gasteiger partial charge in [-0.15, -0.1) is 0 Å². The average Bonchev–Trinajstić information content (AvgIpc) is 2.87. The fraction of sp³-hybridized carbons (Fsp3) is 0.500. The van der Waals surface area contributed by atoms with Gasteiger partial charge in [-0.05, 0) is 37.8 Å². The van der Waals surface area contributed by atoms with Gasteiger partial charge in [-0.25, -0.2) is 0 Å². The van der Waals surface area contributed by atoms with Crippen LogP contribution in [-0.4, -0.2) is 45.1 Å². The normalized spacial score (nSPS) is 21.1. The molecule has 1 saturated carbocycles. The lowest BCUT2D eigenvalue weighted by Crippen LogP contribution is -2.36. The number of nitrogens with one attached hydrogen (secondary N) is 1. The minimum atomic E-state index is -0.732. The second kappa shape index (κ2) is 8.44. The minimum Gasteiger partial charge on any atom is -0.508 e. The molecule has 2 fully saturated rings. The molecule has 8 heteroatoms. The Hall–Kier alpha value is -2.22. The van der Waals surface area contributed by atoms with Crippen LogP contribution in [0.5, 0.6) is 5.75 Å². The van der Waals surface area contributed by atoms with Gasteiger partial charge >= 0.3 is 5.97 Å². The highest BCUT2D eigenvalue weighted by molar-refractivity contribution is 8.15. The number of carbonyl (C=O) groups excluding carboxylic acids is 3. The van der Waals surface area contributed by atoms with Gasteiger partial charge in [-0.1, -0.05) is 24.2 Å². The van der Waals surface area contributed by atoms with Crippen LogP contribution in [0.25, 0.3) is 0 Å². The molecule has 1 aromatic rings. The van der Waals surface area contributed by atoms with Crippen molar-refractivity contribution < 1.29 is 24.2 Å². The zero-order valence-corrected chi connectivity index (χ0v) is 15.2. The largest absolute Gasteiger partial charge is 0.508 e. The van der Waals surface area contributed by atoms with E-state index in [2.05, 4.69) is 5.32 Å². The second-order valence-electron chi connectivity index (χ2n) is 6.48. The van der Waals surface area contributed by atoms with E-state index in [0.29, 0.717) is 5.69 Å². The Kier molecular flexibility index (Phi) is 6.03. The molecular weight excluding hydrogens is 356 g/mol. The van der Waals surface area contributed by atoms with Crippen LogP contribution in [0.3, 0.4) is 0 Å². The van der Waals surface area contributed by atoms with Crippen molar-refractivity contribution in [1.82, 2.24) is 4.90 Å². The number of phenols is 1. The molecule has 1 aliphatic carbocycles. The smallest absolute Gasteiger partial charge is 0.307 e. The monoisotopic (exact) mass is 378 g/mol. The predicted molar refractivity (Wildman–Crippen MR) is 97.8 cm³/mol. The first kappa shape index (κ1) is 18.6. The minimum absolute atomic E-state index is 0.0116.